The summed E-state index contributed by atoms with van der Waals surface area (Å²) in [5, 5.41) is 0. The Morgan fingerprint density at radius 1 is 1.00 bits per heavy atom. The van der Waals surface area contributed by atoms with Gasteiger partial charge < -0.3 is 24.2 Å². The normalized spacial score (nSPS) is 23.3. The van der Waals surface area contributed by atoms with E-state index >= 15 is 0 Å². The van der Waals surface area contributed by atoms with Gasteiger partial charge in [-0.25, -0.2) is 4.79 Å². The third kappa shape index (κ3) is 5.71. The number of methoxy groups -OCH3 is 1. The molecule has 11 heteroatoms. The number of hydrogen-bond acceptors (Lipinski definition) is 5. The number of hydrogen-bond donors (Lipinski definition) is 0. The number of urea groups is 1. The Hall–Kier alpha value is -3.76. The van der Waals surface area contributed by atoms with E-state index in [0.29, 0.717) is 5.69 Å². The van der Waals surface area contributed by atoms with Gasteiger partial charge in [-0.15, -0.1) is 13.2 Å². The highest BCUT2D eigenvalue weighted by Crippen LogP contribution is 2.55. The van der Waals surface area contributed by atoms with Gasteiger partial charge in [-0.2, -0.15) is 0 Å². The summed E-state index contributed by atoms with van der Waals surface area (Å²) < 4.78 is 46.8. The van der Waals surface area contributed by atoms with Crippen LogP contribution < -0.4 is 9.64 Å². The van der Waals surface area contributed by atoms with E-state index in [2.05, 4.69) is 11.7 Å². The molecule has 1 aliphatic heterocycles. The first-order valence-corrected chi connectivity index (χ1v) is 13.9. The van der Waals surface area contributed by atoms with Gasteiger partial charge in [0.25, 0.3) is 5.91 Å². The van der Waals surface area contributed by atoms with Gasteiger partial charge >= 0.3 is 18.4 Å². The number of anilines is 1. The maximum absolute atomic E-state index is 14.0. The molecule has 0 saturated heterocycles. The van der Waals surface area contributed by atoms with Crippen LogP contribution in [0.2, 0.25) is 0 Å². The van der Waals surface area contributed by atoms with Crippen molar-refractivity contribution in [2.75, 3.05) is 25.6 Å². The average Bonchev–Trinajstić information content (AvgIpc) is 3.69. The number of nitrogens with zero attached hydrogens (tertiary/aromatic N) is 3. The van der Waals surface area contributed by atoms with Crippen LogP contribution in [-0.4, -0.2) is 66.9 Å². The number of para-hydroxylation sites is 1. The highest BCUT2D eigenvalue weighted by atomic mass is 19.4. The van der Waals surface area contributed by atoms with E-state index in [9.17, 15) is 27.6 Å². The predicted octanol–water partition coefficient (Wildman–Crippen LogP) is 5.78. The highest BCUT2D eigenvalue weighted by molar-refractivity contribution is 6.07. The molecular formula is C30H34F3N3O5. The molecule has 2 aromatic rings. The van der Waals surface area contributed by atoms with Gasteiger partial charge in [0.15, 0.2) is 0 Å². The molecule has 0 spiro atoms. The molecule has 0 radical (unpaired) electrons. The van der Waals surface area contributed by atoms with Gasteiger partial charge in [0.1, 0.15) is 12.3 Å². The monoisotopic (exact) mass is 573 g/mol. The number of benzene rings is 2. The Morgan fingerprint density at radius 3 is 2.29 bits per heavy atom. The van der Waals surface area contributed by atoms with E-state index in [4.69, 9.17) is 4.74 Å². The number of esters is 1. The number of carbonyl (C=O) groups excluding carboxylic acids is 3. The molecule has 41 heavy (non-hydrogen) atoms. The van der Waals surface area contributed by atoms with Crippen LogP contribution in [0.4, 0.5) is 23.7 Å². The summed E-state index contributed by atoms with van der Waals surface area (Å²) in [7, 11) is 2.88. The minimum atomic E-state index is -4.83. The van der Waals surface area contributed by atoms with E-state index in [-0.39, 0.29) is 54.0 Å². The summed E-state index contributed by atoms with van der Waals surface area (Å²) in [6.45, 7) is 1.94. The van der Waals surface area contributed by atoms with E-state index in [1.807, 2.05) is 29.2 Å². The molecule has 0 aromatic heterocycles. The Morgan fingerprint density at radius 2 is 1.68 bits per heavy atom. The van der Waals surface area contributed by atoms with Crippen molar-refractivity contribution < 1.29 is 37.0 Å². The number of alkyl halides is 3. The first-order valence-electron chi connectivity index (χ1n) is 13.9. The molecule has 1 heterocycles. The van der Waals surface area contributed by atoms with Crippen molar-refractivity contribution in [2.24, 2.45) is 11.8 Å². The third-order valence-corrected chi connectivity index (χ3v) is 8.49. The van der Waals surface area contributed by atoms with Crippen LogP contribution >= 0.6 is 0 Å². The van der Waals surface area contributed by atoms with Gasteiger partial charge in [0.05, 0.1) is 13.2 Å². The third-order valence-electron chi connectivity index (χ3n) is 8.49. The van der Waals surface area contributed by atoms with Crippen LogP contribution in [-0.2, 0) is 9.53 Å². The van der Waals surface area contributed by atoms with Gasteiger partial charge in [0, 0.05) is 36.3 Å². The second-order valence-electron chi connectivity index (χ2n) is 11.0. The van der Waals surface area contributed by atoms with Crippen LogP contribution in [0.5, 0.6) is 5.75 Å². The largest absolute Gasteiger partial charge is 0.573 e. The van der Waals surface area contributed by atoms with E-state index < -0.39 is 18.1 Å². The number of carbonyl (C=O) groups is 3. The highest BCUT2D eigenvalue weighted by Gasteiger charge is 2.54. The number of ether oxygens (including phenoxy) is 2. The Bertz CT molecular complexity index is 1300. The molecule has 8 nitrogen and oxygen atoms in total. The van der Waals surface area contributed by atoms with E-state index in [1.165, 1.54) is 24.1 Å². The summed E-state index contributed by atoms with van der Waals surface area (Å²) in [6.07, 6.45) is -0.618. The molecule has 2 aliphatic carbocycles. The van der Waals surface area contributed by atoms with Gasteiger partial charge in [-0.05, 0) is 67.5 Å². The minimum absolute atomic E-state index is 0.0304. The smallest absolute Gasteiger partial charge is 0.468 e. The fourth-order valence-corrected chi connectivity index (χ4v) is 6.58. The van der Waals surface area contributed by atoms with Crippen LogP contribution in [0.3, 0.4) is 0 Å². The van der Waals surface area contributed by atoms with E-state index in [0.717, 1.165) is 49.8 Å². The Kier molecular flexibility index (Phi) is 7.89. The quantitative estimate of drug-likeness (QED) is 0.393. The van der Waals surface area contributed by atoms with Crippen molar-refractivity contribution in [1.82, 2.24) is 9.80 Å². The molecule has 0 bridgehead atoms. The van der Waals surface area contributed by atoms with Crippen LogP contribution in [0.25, 0.3) is 0 Å². The lowest BCUT2D eigenvalue weighted by molar-refractivity contribution is -0.274. The number of fused-ring (bicyclic) bond motifs is 2. The molecule has 220 valence electrons. The molecule has 2 fully saturated rings. The Labute approximate surface area is 237 Å². The maximum Gasteiger partial charge on any atom is 0.573 e. The summed E-state index contributed by atoms with van der Waals surface area (Å²) in [6, 6.07) is 11.8. The second-order valence-corrected chi connectivity index (χ2v) is 11.0. The van der Waals surface area contributed by atoms with Crippen LogP contribution in [0, 0.1) is 11.8 Å². The number of rotatable bonds is 7. The Balaban J connectivity index is 1.54. The van der Waals surface area contributed by atoms with Crippen molar-refractivity contribution in [1.29, 1.82) is 0 Å². The van der Waals surface area contributed by atoms with Crippen molar-refractivity contribution >= 4 is 23.6 Å². The zero-order chi connectivity index (χ0) is 29.5. The van der Waals surface area contributed by atoms with Crippen molar-refractivity contribution in [3.63, 3.8) is 0 Å². The topological polar surface area (TPSA) is 79.4 Å². The van der Waals surface area contributed by atoms with Crippen LogP contribution in [0.1, 0.15) is 61.0 Å². The summed E-state index contributed by atoms with van der Waals surface area (Å²) >= 11 is 0. The summed E-state index contributed by atoms with van der Waals surface area (Å²) in [4.78, 5) is 45.0. The van der Waals surface area contributed by atoms with Crippen molar-refractivity contribution in [3.05, 3.63) is 59.7 Å². The van der Waals surface area contributed by atoms with E-state index in [1.54, 1.807) is 11.9 Å². The molecule has 2 saturated carbocycles. The number of amides is 3. The van der Waals surface area contributed by atoms with Crippen LogP contribution in [0.15, 0.2) is 48.5 Å². The molecule has 3 aliphatic rings. The molecule has 5 rings (SSSR count). The molecule has 0 N–H and O–H groups in total. The van der Waals surface area contributed by atoms with Gasteiger partial charge in [0.2, 0.25) is 0 Å². The fourth-order valence-electron chi connectivity index (χ4n) is 6.58. The maximum atomic E-state index is 14.0. The van der Waals surface area contributed by atoms with Crippen molar-refractivity contribution in [2.45, 2.75) is 63.5 Å². The summed E-state index contributed by atoms with van der Waals surface area (Å²) in [5.41, 5.74) is 1.79. The lowest BCUT2D eigenvalue weighted by Crippen LogP contribution is -2.56. The van der Waals surface area contributed by atoms with Gasteiger partial charge in [-0.3, -0.25) is 9.59 Å². The van der Waals surface area contributed by atoms with Crippen molar-refractivity contribution in [3.8, 4) is 5.75 Å². The molecule has 3 amide bonds. The van der Waals surface area contributed by atoms with Gasteiger partial charge in [-0.1, -0.05) is 31.5 Å². The zero-order valence-electron chi connectivity index (χ0n) is 23.3. The second kappa shape index (κ2) is 11.3. The minimum Gasteiger partial charge on any atom is -0.468 e. The molecular weight excluding hydrogens is 539 g/mol. The number of halogens is 3. The first-order chi connectivity index (χ1) is 19.5. The first kappa shape index (κ1) is 28.8. The molecule has 2 aromatic carbocycles. The molecule has 4 atom stereocenters. The summed E-state index contributed by atoms with van der Waals surface area (Å²) in [5.74, 6) is -1.02. The number of likely N-dealkylation sites (N-methyl/N-ethyl adjacent to an activating group) is 1. The lowest BCUT2D eigenvalue weighted by atomic mass is 9.76. The zero-order valence-corrected chi connectivity index (χ0v) is 23.3. The predicted molar refractivity (Wildman–Crippen MR) is 144 cm³/mol. The average molecular weight is 574 g/mol. The fraction of sp³-hybridized carbons (Fsp3) is 0.500. The standard InChI is InChI=1S/C30H34F3N3O5/c1-4-18-11-16-24-26(18)27(35(20-12-13-20)29(39)34(2)17-25(37)40-3)22-7-5-6-8-23(22)36(24)28(38)19-9-14-21(15-10-19)41-30(31,32)33/h5-10,14-15,18,20,24,26-27H,4,11-13,16-17H2,1-3H3. The molecule has 4 unspecified atom stereocenters. The lowest BCUT2D eigenvalue weighted by Gasteiger charge is -2.49. The SMILES string of the molecule is CCC1CCC2C1C(N(C(=O)N(C)CC(=O)OC)C1CC1)c1ccccc1N2C(=O)c1ccc(OC(F)(F)F)cc1.